The Labute approximate surface area is 114 Å². The number of hydrogen-bond acceptors (Lipinski definition) is 0. The van der Waals surface area contributed by atoms with Crippen LogP contribution in [0.3, 0.4) is 0 Å². The molecule has 0 saturated carbocycles. The molecule has 0 heterocycles. The molecular weight excluding hydrogens is 295 g/mol. The van der Waals surface area contributed by atoms with E-state index in [9.17, 15) is 0 Å². The van der Waals surface area contributed by atoms with Gasteiger partial charge in [-0.25, -0.2) is 0 Å². The number of allylic oxidation sites excluding steroid dienone is 8. The normalized spacial score (nSPS) is 18.1. The molecule has 3 rings (SSSR count). The molecule has 0 aliphatic heterocycles. The monoisotopic (exact) mass is 312 g/mol. The molecule has 18 heavy (non-hydrogen) atoms. The molecule has 1 heteroatoms. The summed E-state index contributed by atoms with van der Waals surface area (Å²) in [7, 11) is 0. The van der Waals surface area contributed by atoms with Crippen LogP contribution in [0.5, 0.6) is 0 Å². The molecule has 0 atom stereocenters. The summed E-state index contributed by atoms with van der Waals surface area (Å²) in [5.41, 5.74) is 0. The summed E-state index contributed by atoms with van der Waals surface area (Å²) in [5, 5.41) is 0. The molecule has 0 nitrogen and oxygen atoms in total. The van der Waals surface area contributed by atoms with Crippen LogP contribution in [0.25, 0.3) is 0 Å². The molecule has 0 unspecified atom stereocenters. The SMILES string of the molecule is [CH3][Zr]([C]1=CC=CC1)([C]1=CC=CC1)[c]1ccccc1. The first-order valence-corrected chi connectivity index (χ1v) is 12.7. The van der Waals surface area contributed by atoms with Gasteiger partial charge in [0.15, 0.2) is 0 Å². The van der Waals surface area contributed by atoms with Crippen molar-refractivity contribution >= 4 is 3.27 Å². The van der Waals surface area contributed by atoms with E-state index in [0.29, 0.717) is 0 Å². The van der Waals surface area contributed by atoms with E-state index < -0.39 is 20.3 Å². The Bertz CT molecular complexity index is 529. The quantitative estimate of drug-likeness (QED) is 0.784. The fourth-order valence-electron chi connectivity index (χ4n) is 2.98. The third kappa shape index (κ3) is 1.95. The van der Waals surface area contributed by atoms with Crippen LogP contribution in [0.15, 0.2) is 73.3 Å². The second-order valence-corrected chi connectivity index (χ2v) is 15.2. The first-order chi connectivity index (χ1) is 8.82. The van der Waals surface area contributed by atoms with Crippen molar-refractivity contribution in [2.75, 3.05) is 0 Å². The molecule has 0 fully saturated rings. The zero-order chi connectivity index (χ0) is 12.4. The van der Waals surface area contributed by atoms with E-state index in [1.165, 1.54) is 12.8 Å². The third-order valence-corrected chi connectivity index (χ3v) is 16.0. The second kappa shape index (κ2) is 4.98. The van der Waals surface area contributed by atoms with Gasteiger partial charge in [-0.3, -0.25) is 0 Å². The average Bonchev–Trinajstić information content (AvgIpc) is 3.12. The Balaban J connectivity index is 2.09. The predicted octanol–water partition coefficient (Wildman–Crippen LogP) is 4.20. The maximum atomic E-state index is 2.57. The van der Waals surface area contributed by atoms with E-state index in [1.807, 2.05) is 0 Å². The van der Waals surface area contributed by atoms with E-state index in [0.717, 1.165) is 0 Å². The van der Waals surface area contributed by atoms with E-state index in [-0.39, 0.29) is 0 Å². The van der Waals surface area contributed by atoms with Gasteiger partial charge in [0.25, 0.3) is 0 Å². The van der Waals surface area contributed by atoms with Gasteiger partial charge in [0, 0.05) is 0 Å². The van der Waals surface area contributed by atoms with Crippen molar-refractivity contribution in [2.24, 2.45) is 0 Å². The Kier molecular flexibility index (Phi) is 3.35. The third-order valence-electron chi connectivity index (χ3n) is 4.18. The van der Waals surface area contributed by atoms with Crippen LogP contribution < -0.4 is 3.27 Å². The molecule has 0 spiro atoms. The first-order valence-electron chi connectivity index (χ1n) is 6.59. The molecule has 0 amide bonds. The van der Waals surface area contributed by atoms with Crippen LogP contribution in [-0.4, -0.2) is 0 Å². The fraction of sp³-hybridized carbons (Fsp3) is 0.176. The van der Waals surface area contributed by atoms with Crippen molar-refractivity contribution in [1.29, 1.82) is 0 Å². The molecule has 1 aromatic rings. The molecule has 2 aliphatic rings. The van der Waals surface area contributed by atoms with Gasteiger partial charge in [0.2, 0.25) is 0 Å². The summed E-state index contributed by atoms with van der Waals surface area (Å²) < 4.78 is 7.61. The summed E-state index contributed by atoms with van der Waals surface area (Å²) in [6, 6.07) is 11.2. The van der Waals surface area contributed by atoms with Gasteiger partial charge in [0.05, 0.1) is 0 Å². The zero-order valence-electron chi connectivity index (χ0n) is 10.8. The van der Waals surface area contributed by atoms with Crippen molar-refractivity contribution in [3.05, 3.63) is 73.3 Å². The molecule has 0 saturated heterocycles. The van der Waals surface area contributed by atoms with Gasteiger partial charge in [-0.15, -0.1) is 0 Å². The first kappa shape index (κ1) is 12.1. The van der Waals surface area contributed by atoms with Crippen LogP contribution in [-0.2, 0) is 20.3 Å². The minimum atomic E-state index is -2.54. The topological polar surface area (TPSA) is 0 Å². The van der Waals surface area contributed by atoms with Crippen molar-refractivity contribution in [3.63, 3.8) is 0 Å². The standard InChI is InChI=1S/C6H5.2C5H5.CH3.Zr/c1-2-4-6-5-3-1;2*1-2-4-5-3-1;;/h1-5H;2*1-3H,4H2;1H3;. The summed E-state index contributed by atoms with van der Waals surface area (Å²) in [4.78, 5) is 0. The molecule has 0 aromatic heterocycles. The van der Waals surface area contributed by atoms with Gasteiger partial charge < -0.3 is 0 Å². The Hall–Kier alpha value is -0.937. The molecule has 2 aliphatic carbocycles. The molecule has 0 radical (unpaired) electrons. The van der Waals surface area contributed by atoms with Crippen LogP contribution in [0.1, 0.15) is 12.8 Å². The van der Waals surface area contributed by atoms with Gasteiger partial charge in [0.1, 0.15) is 0 Å². The van der Waals surface area contributed by atoms with Crippen molar-refractivity contribution < 1.29 is 20.3 Å². The molecular formula is C17H18Zr. The number of benzene rings is 1. The van der Waals surface area contributed by atoms with E-state index in [4.69, 9.17) is 0 Å². The van der Waals surface area contributed by atoms with Crippen molar-refractivity contribution in [1.82, 2.24) is 0 Å². The van der Waals surface area contributed by atoms with Crippen molar-refractivity contribution in [3.8, 4) is 0 Å². The number of hydrogen-bond donors (Lipinski definition) is 0. The Morgan fingerprint density at radius 2 is 1.39 bits per heavy atom. The van der Waals surface area contributed by atoms with Gasteiger partial charge in [-0.2, -0.15) is 0 Å². The fourth-order valence-corrected chi connectivity index (χ4v) is 12.6. The molecule has 0 N–H and O–H groups in total. The van der Waals surface area contributed by atoms with Crippen LogP contribution in [0.4, 0.5) is 0 Å². The van der Waals surface area contributed by atoms with Gasteiger partial charge >= 0.3 is 114 Å². The number of rotatable bonds is 3. The summed E-state index contributed by atoms with van der Waals surface area (Å²) in [6.45, 7) is 0. The second-order valence-electron chi connectivity index (χ2n) is 5.14. The average molecular weight is 314 g/mol. The summed E-state index contributed by atoms with van der Waals surface area (Å²) in [5.74, 6) is 0. The Morgan fingerprint density at radius 3 is 1.83 bits per heavy atom. The molecule has 0 bridgehead atoms. The van der Waals surface area contributed by atoms with Crippen LogP contribution in [0.2, 0.25) is 4.63 Å². The van der Waals surface area contributed by atoms with Crippen LogP contribution >= 0.6 is 0 Å². The summed E-state index contributed by atoms with van der Waals surface area (Å²) >= 11 is -2.54. The zero-order valence-corrected chi connectivity index (χ0v) is 13.2. The van der Waals surface area contributed by atoms with E-state index in [2.05, 4.69) is 71.4 Å². The molecule has 1 aromatic carbocycles. The Morgan fingerprint density at radius 1 is 0.833 bits per heavy atom. The molecule has 90 valence electrons. The summed E-state index contributed by atoms with van der Waals surface area (Å²) in [6.07, 6.45) is 16.2. The van der Waals surface area contributed by atoms with Gasteiger partial charge in [-0.1, -0.05) is 0 Å². The van der Waals surface area contributed by atoms with E-state index in [1.54, 1.807) is 9.83 Å². The van der Waals surface area contributed by atoms with Gasteiger partial charge in [-0.05, 0) is 0 Å². The van der Waals surface area contributed by atoms with Crippen molar-refractivity contribution in [2.45, 2.75) is 17.5 Å². The minimum absolute atomic E-state index is 1.17. The predicted molar refractivity (Wildman–Crippen MR) is 75.6 cm³/mol. The van der Waals surface area contributed by atoms with Crippen LogP contribution in [0, 0.1) is 0 Å². The van der Waals surface area contributed by atoms with E-state index >= 15 is 0 Å². The maximum absolute atomic E-state index is 2.57.